The van der Waals surface area contributed by atoms with Crippen molar-refractivity contribution in [2.24, 2.45) is 0 Å². The number of hydrogen-bond acceptors (Lipinski definition) is 2. The van der Waals surface area contributed by atoms with Crippen molar-refractivity contribution in [3.8, 4) is 45.8 Å². The lowest BCUT2D eigenvalue weighted by Crippen LogP contribution is -1.98. The number of para-hydroxylation sites is 3. The Labute approximate surface area is 277 Å². The predicted molar refractivity (Wildman–Crippen MR) is 195 cm³/mol. The van der Waals surface area contributed by atoms with E-state index < -0.39 is 0 Å². The number of aromatic nitrogens is 2. The van der Waals surface area contributed by atoms with Gasteiger partial charge in [-0.2, -0.15) is 10.5 Å². The topological polar surface area (TPSA) is 57.4 Å². The highest BCUT2D eigenvalue weighted by Crippen LogP contribution is 2.43. The minimum absolute atomic E-state index is 0.376. The summed E-state index contributed by atoms with van der Waals surface area (Å²) in [5.74, 6) is 0. The van der Waals surface area contributed by atoms with Crippen LogP contribution in [-0.2, 0) is 0 Å². The molecule has 7 aromatic carbocycles. The van der Waals surface area contributed by atoms with Crippen LogP contribution in [0, 0.1) is 22.7 Å². The average molecular weight is 611 g/mol. The van der Waals surface area contributed by atoms with Crippen molar-refractivity contribution in [2.75, 3.05) is 0 Å². The molecule has 0 fully saturated rings. The predicted octanol–water partition coefficient (Wildman–Crippen LogP) is 11.0. The van der Waals surface area contributed by atoms with E-state index in [1.54, 1.807) is 6.07 Å². The van der Waals surface area contributed by atoms with Crippen LogP contribution in [-0.4, -0.2) is 9.13 Å². The summed E-state index contributed by atoms with van der Waals surface area (Å²) in [4.78, 5) is 0. The maximum absolute atomic E-state index is 9.73. The Hall–Kier alpha value is -6.88. The first-order chi connectivity index (χ1) is 23.7. The standard InChI is InChI=1S/C44H26N4/c45-27-32-20-19-30(25-33(32)28-46)31-21-23-41(38(26-31)29-11-3-1-4-12-29)48-40-18-10-8-16-37(40)43-42(48)24-22-36-35-15-7-9-17-39(35)47(44(36)43)34-13-5-2-6-14-34/h1-26H. The summed E-state index contributed by atoms with van der Waals surface area (Å²) in [5.41, 5.74) is 11.6. The molecule has 0 aliphatic rings. The summed E-state index contributed by atoms with van der Waals surface area (Å²) in [5, 5.41) is 24.1. The quantitative estimate of drug-likeness (QED) is 0.199. The zero-order valence-electron chi connectivity index (χ0n) is 25.8. The van der Waals surface area contributed by atoms with Gasteiger partial charge in [-0.3, -0.25) is 0 Å². The normalized spacial score (nSPS) is 11.3. The molecule has 222 valence electrons. The van der Waals surface area contributed by atoms with Gasteiger partial charge >= 0.3 is 0 Å². The van der Waals surface area contributed by atoms with Crippen molar-refractivity contribution in [2.45, 2.75) is 0 Å². The Bertz CT molecular complexity index is 2790. The number of hydrogen-bond donors (Lipinski definition) is 0. The van der Waals surface area contributed by atoms with Gasteiger partial charge in [0.05, 0.1) is 38.9 Å². The van der Waals surface area contributed by atoms with Crippen LogP contribution in [0.3, 0.4) is 0 Å². The van der Waals surface area contributed by atoms with E-state index in [2.05, 4.69) is 155 Å². The van der Waals surface area contributed by atoms with E-state index in [1.807, 2.05) is 18.2 Å². The van der Waals surface area contributed by atoms with Crippen LogP contribution >= 0.6 is 0 Å². The number of nitriles is 2. The molecule has 0 radical (unpaired) electrons. The molecule has 0 aliphatic carbocycles. The lowest BCUT2D eigenvalue weighted by atomic mass is 9.95. The Morgan fingerprint density at radius 3 is 1.79 bits per heavy atom. The minimum atomic E-state index is 0.376. The molecular formula is C44H26N4. The largest absolute Gasteiger partial charge is 0.309 e. The van der Waals surface area contributed by atoms with E-state index in [0.717, 1.165) is 44.7 Å². The van der Waals surface area contributed by atoms with Gasteiger partial charge in [0.15, 0.2) is 0 Å². The molecule has 0 N–H and O–H groups in total. The van der Waals surface area contributed by atoms with E-state index in [4.69, 9.17) is 0 Å². The molecule has 0 unspecified atom stereocenters. The van der Waals surface area contributed by atoms with Gasteiger partial charge in [0.1, 0.15) is 12.1 Å². The molecule has 4 nitrogen and oxygen atoms in total. The van der Waals surface area contributed by atoms with Crippen LogP contribution in [0.4, 0.5) is 0 Å². The van der Waals surface area contributed by atoms with Gasteiger partial charge in [-0.25, -0.2) is 0 Å². The van der Waals surface area contributed by atoms with Gasteiger partial charge in [-0.1, -0.05) is 103 Å². The molecule has 48 heavy (non-hydrogen) atoms. The molecule has 9 rings (SSSR count). The lowest BCUT2D eigenvalue weighted by Gasteiger charge is -2.16. The van der Waals surface area contributed by atoms with Crippen LogP contribution in [0.1, 0.15) is 11.1 Å². The highest BCUT2D eigenvalue weighted by atomic mass is 15.0. The van der Waals surface area contributed by atoms with Gasteiger partial charge in [-0.15, -0.1) is 0 Å². The molecule has 2 heterocycles. The Kier molecular flexibility index (Phi) is 6.22. The van der Waals surface area contributed by atoms with E-state index >= 15 is 0 Å². The van der Waals surface area contributed by atoms with Crippen molar-refractivity contribution in [1.82, 2.24) is 9.13 Å². The SMILES string of the molecule is N#Cc1ccc(-c2ccc(-n3c4ccccc4c4c3ccc3c5ccccc5n(-c5ccccc5)c34)c(-c3ccccc3)c2)cc1C#N. The third-order valence-electron chi connectivity index (χ3n) is 9.40. The zero-order chi connectivity index (χ0) is 32.2. The van der Waals surface area contributed by atoms with Crippen molar-refractivity contribution in [3.05, 3.63) is 169 Å². The molecule has 0 saturated carbocycles. The summed E-state index contributed by atoms with van der Waals surface area (Å²) < 4.78 is 4.80. The summed E-state index contributed by atoms with van der Waals surface area (Å²) in [6.45, 7) is 0. The fourth-order valence-electron chi connectivity index (χ4n) is 7.29. The van der Waals surface area contributed by atoms with Crippen LogP contribution in [0.25, 0.3) is 77.2 Å². The van der Waals surface area contributed by atoms with E-state index in [-0.39, 0.29) is 0 Å². The molecule has 0 atom stereocenters. The highest BCUT2D eigenvalue weighted by molar-refractivity contribution is 6.26. The second kappa shape index (κ2) is 10.9. The maximum atomic E-state index is 9.73. The number of nitrogens with zero attached hydrogens (tertiary/aromatic N) is 4. The van der Waals surface area contributed by atoms with Gasteiger partial charge < -0.3 is 9.13 Å². The summed E-state index contributed by atoms with van der Waals surface area (Å²) in [6.07, 6.45) is 0. The molecule has 9 aromatic rings. The van der Waals surface area contributed by atoms with Crippen LogP contribution in [0.5, 0.6) is 0 Å². The number of fused-ring (bicyclic) bond motifs is 7. The first-order valence-corrected chi connectivity index (χ1v) is 15.9. The monoisotopic (exact) mass is 610 g/mol. The fraction of sp³-hybridized carbons (Fsp3) is 0. The highest BCUT2D eigenvalue weighted by Gasteiger charge is 2.22. The average Bonchev–Trinajstić information content (AvgIpc) is 3.68. The summed E-state index contributed by atoms with van der Waals surface area (Å²) in [7, 11) is 0. The smallest absolute Gasteiger partial charge is 0.101 e. The zero-order valence-corrected chi connectivity index (χ0v) is 25.8. The van der Waals surface area contributed by atoms with E-state index in [9.17, 15) is 10.5 Å². The summed E-state index contributed by atoms with van der Waals surface area (Å²) >= 11 is 0. The van der Waals surface area contributed by atoms with Crippen molar-refractivity contribution in [3.63, 3.8) is 0 Å². The van der Waals surface area contributed by atoms with Gasteiger partial charge in [-0.05, 0) is 71.3 Å². The molecule has 4 heteroatoms. The minimum Gasteiger partial charge on any atom is -0.309 e. The second-order valence-electron chi connectivity index (χ2n) is 12.0. The van der Waals surface area contributed by atoms with E-state index in [0.29, 0.717) is 11.1 Å². The Morgan fingerprint density at radius 1 is 0.417 bits per heavy atom. The van der Waals surface area contributed by atoms with Gasteiger partial charge in [0, 0.05) is 32.8 Å². The Morgan fingerprint density at radius 2 is 1.04 bits per heavy atom. The van der Waals surface area contributed by atoms with Crippen molar-refractivity contribution >= 4 is 43.6 Å². The number of rotatable bonds is 4. The molecule has 2 aromatic heterocycles. The van der Waals surface area contributed by atoms with Crippen molar-refractivity contribution in [1.29, 1.82) is 10.5 Å². The fourth-order valence-corrected chi connectivity index (χ4v) is 7.29. The van der Waals surface area contributed by atoms with E-state index in [1.165, 1.54) is 32.6 Å². The van der Waals surface area contributed by atoms with Crippen LogP contribution < -0.4 is 0 Å². The van der Waals surface area contributed by atoms with Gasteiger partial charge in [0.25, 0.3) is 0 Å². The molecule has 0 bridgehead atoms. The maximum Gasteiger partial charge on any atom is 0.101 e. The van der Waals surface area contributed by atoms with Crippen LogP contribution in [0.2, 0.25) is 0 Å². The van der Waals surface area contributed by atoms with Crippen LogP contribution in [0.15, 0.2) is 158 Å². The summed E-state index contributed by atoms with van der Waals surface area (Å²) in [6, 6.07) is 59.2. The second-order valence-corrected chi connectivity index (χ2v) is 12.0. The Balaban J connectivity index is 1.39. The van der Waals surface area contributed by atoms with Crippen molar-refractivity contribution < 1.29 is 0 Å². The molecular weight excluding hydrogens is 585 g/mol. The molecule has 0 amide bonds. The van der Waals surface area contributed by atoms with Gasteiger partial charge in [0.2, 0.25) is 0 Å². The third kappa shape index (κ3) is 4.07. The molecule has 0 spiro atoms. The first-order valence-electron chi connectivity index (χ1n) is 15.9. The molecule has 0 aliphatic heterocycles. The lowest BCUT2D eigenvalue weighted by molar-refractivity contribution is 1.17. The third-order valence-corrected chi connectivity index (χ3v) is 9.40. The number of benzene rings is 7. The molecule has 0 saturated heterocycles. The first kappa shape index (κ1) is 27.4.